The van der Waals surface area contributed by atoms with Crippen LogP contribution in [0, 0.1) is 0 Å². The summed E-state index contributed by atoms with van der Waals surface area (Å²) in [6.45, 7) is 0.593. The molecule has 1 aromatic carbocycles. The number of nitrogens with zero attached hydrogens (tertiary/aromatic N) is 4. The first-order valence-electron chi connectivity index (χ1n) is 7.75. The summed E-state index contributed by atoms with van der Waals surface area (Å²) >= 11 is 0. The van der Waals surface area contributed by atoms with Gasteiger partial charge in [-0.05, 0) is 29.8 Å². The first kappa shape index (κ1) is 14.4. The van der Waals surface area contributed by atoms with Crippen molar-refractivity contribution in [1.29, 1.82) is 0 Å². The predicted molar refractivity (Wildman–Crippen MR) is 93.5 cm³/mol. The second kappa shape index (κ2) is 5.77. The SMILES string of the molecule is CN1C(=O)c2cccnc2N(Cc2ccccc2)c2ncccc21. The zero-order valence-electron chi connectivity index (χ0n) is 13.3. The van der Waals surface area contributed by atoms with Crippen molar-refractivity contribution in [2.45, 2.75) is 6.54 Å². The van der Waals surface area contributed by atoms with Gasteiger partial charge in [-0.2, -0.15) is 0 Å². The van der Waals surface area contributed by atoms with Crippen LogP contribution in [-0.2, 0) is 6.54 Å². The van der Waals surface area contributed by atoms with Crippen LogP contribution < -0.4 is 9.80 Å². The summed E-state index contributed by atoms with van der Waals surface area (Å²) in [5.41, 5.74) is 2.48. The molecular formula is C19H16N4O. The van der Waals surface area contributed by atoms with Gasteiger partial charge in [0.15, 0.2) is 5.82 Å². The van der Waals surface area contributed by atoms with Crippen LogP contribution in [0.4, 0.5) is 17.3 Å². The van der Waals surface area contributed by atoms with Crippen LogP contribution in [0.1, 0.15) is 15.9 Å². The molecule has 2 aromatic heterocycles. The minimum atomic E-state index is -0.0806. The summed E-state index contributed by atoms with van der Waals surface area (Å²) in [5, 5.41) is 0. The van der Waals surface area contributed by atoms with Crippen molar-refractivity contribution in [2.24, 2.45) is 0 Å². The summed E-state index contributed by atoms with van der Waals surface area (Å²) in [5.74, 6) is 1.29. The molecule has 0 unspecified atom stereocenters. The molecule has 24 heavy (non-hydrogen) atoms. The molecule has 0 N–H and O–H groups in total. The lowest BCUT2D eigenvalue weighted by Crippen LogP contribution is -2.25. The van der Waals surface area contributed by atoms with E-state index in [2.05, 4.69) is 22.1 Å². The molecule has 0 fully saturated rings. The van der Waals surface area contributed by atoms with Crippen LogP contribution in [0.15, 0.2) is 67.0 Å². The third kappa shape index (κ3) is 2.31. The average molecular weight is 316 g/mol. The highest BCUT2D eigenvalue weighted by Gasteiger charge is 2.30. The number of hydrogen-bond acceptors (Lipinski definition) is 4. The number of anilines is 3. The van der Waals surface area contributed by atoms with Crippen molar-refractivity contribution >= 4 is 23.2 Å². The Balaban J connectivity index is 1.92. The van der Waals surface area contributed by atoms with Crippen molar-refractivity contribution in [2.75, 3.05) is 16.8 Å². The zero-order valence-corrected chi connectivity index (χ0v) is 13.3. The molecule has 0 radical (unpaired) electrons. The molecule has 1 aliphatic rings. The van der Waals surface area contributed by atoms with E-state index in [0.29, 0.717) is 17.9 Å². The Kier molecular flexibility index (Phi) is 3.46. The number of carbonyl (C=O) groups is 1. The quantitative estimate of drug-likeness (QED) is 0.727. The third-order valence-electron chi connectivity index (χ3n) is 4.14. The molecule has 0 aliphatic carbocycles. The van der Waals surface area contributed by atoms with Crippen molar-refractivity contribution in [3.05, 3.63) is 78.1 Å². The smallest absolute Gasteiger partial charge is 0.261 e. The Labute approximate surface area is 140 Å². The highest BCUT2D eigenvalue weighted by molar-refractivity contribution is 6.12. The maximum absolute atomic E-state index is 12.8. The van der Waals surface area contributed by atoms with E-state index >= 15 is 0 Å². The standard InChI is InChI=1S/C19H16N4O/c1-22-16-10-6-12-21-18(16)23(13-14-7-3-2-4-8-14)17-15(19(22)24)9-5-11-20-17/h2-12H,13H2,1H3. The largest absolute Gasteiger partial charge is 0.308 e. The Morgan fingerprint density at radius 3 is 2.38 bits per heavy atom. The molecule has 1 aliphatic heterocycles. The normalized spacial score (nSPS) is 13.3. The molecule has 4 rings (SSSR count). The summed E-state index contributed by atoms with van der Waals surface area (Å²) in [6, 6.07) is 17.5. The van der Waals surface area contributed by atoms with E-state index in [1.807, 2.05) is 41.3 Å². The van der Waals surface area contributed by atoms with E-state index in [-0.39, 0.29) is 5.91 Å². The predicted octanol–water partition coefficient (Wildman–Crippen LogP) is 3.40. The van der Waals surface area contributed by atoms with Gasteiger partial charge in [-0.25, -0.2) is 9.97 Å². The molecule has 118 valence electrons. The summed E-state index contributed by atoms with van der Waals surface area (Å²) < 4.78 is 0. The molecule has 0 spiro atoms. The topological polar surface area (TPSA) is 49.3 Å². The molecule has 5 heteroatoms. The molecule has 1 amide bonds. The van der Waals surface area contributed by atoms with Gasteiger partial charge in [-0.3, -0.25) is 4.79 Å². The lowest BCUT2D eigenvalue weighted by atomic mass is 10.2. The fourth-order valence-electron chi connectivity index (χ4n) is 2.94. The van der Waals surface area contributed by atoms with Crippen LogP contribution in [0.3, 0.4) is 0 Å². The van der Waals surface area contributed by atoms with Gasteiger partial charge in [-0.1, -0.05) is 30.3 Å². The zero-order chi connectivity index (χ0) is 16.5. The monoisotopic (exact) mass is 316 g/mol. The molecule has 0 atom stereocenters. The first-order chi connectivity index (χ1) is 11.8. The molecule has 0 saturated carbocycles. The second-order valence-corrected chi connectivity index (χ2v) is 5.66. The Hall–Kier alpha value is -3.21. The summed E-state index contributed by atoms with van der Waals surface area (Å²) in [7, 11) is 1.77. The number of aromatic nitrogens is 2. The second-order valence-electron chi connectivity index (χ2n) is 5.66. The van der Waals surface area contributed by atoms with E-state index in [0.717, 1.165) is 17.1 Å². The van der Waals surface area contributed by atoms with Gasteiger partial charge in [0.1, 0.15) is 5.82 Å². The van der Waals surface area contributed by atoms with Crippen LogP contribution in [0.5, 0.6) is 0 Å². The van der Waals surface area contributed by atoms with Crippen LogP contribution >= 0.6 is 0 Å². The number of pyridine rings is 2. The highest BCUT2D eigenvalue weighted by Crippen LogP contribution is 2.38. The summed E-state index contributed by atoms with van der Waals surface area (Å²) in [6.07, 6.45) is 3.45. The highest BCUT2D eigenvalue weighted by atomic mass is 16.2. The van der Waals surface area contributed by atoms with Gasteiger partial charge in [0, 0.05) is 19.4 Å². The van der Waals surface area contributed by atoms with Gasteiger partial charge >= 0.3 is 0 Å². The lowest BCUT2D eigenvalue weighted by molar-refractivity contribution is 0.0994. The van der Waals surface area contributed by atoms with Crippen LogP contribution in [0.25, 0.3) is 0 Å². The van der Waals surface area contributed by atoms with Crippen molar-refractivity contribution in [1.82, 2.24) is 9.97 Å². The van der Waals surface area contributed by atoms with E-state index < -0.39 is 0 Å². The van der Waals surface area contributed by atoms with Gasteiger partial charge in [0.2, 0.25) is 0 Å². The van der Waals surface area contributed by atoms with E-state index in [4.69, 9.17) is 0 Å². The van der Waals surface area contributed by atoms with Gasteiger partial charge in [-0.15, -0.1) is 0 Å². The summed E-state index contributed by atoms with van der Waals surface area (Å²) in [4.78, 5) is 25.5. The van der Waals surface area contributed by atoms with Crippen LogP contribution in [-0.4, -0.2) is 22.9 Å². The number of benzene rings is 1. The number of carbonyl (C=O) groups excluding carboxylic acids is 1. The molecular weight excluding hydrogens is 300 g/mol. The Bertz CT molecular complexity index is 895. The molecule has 0 saturated heterocycles. The Morgan fingerprint density at radius 2 is 1.58 bits per heavy atom. The minimum absolute atomic E-state index is 0.0806. The molecule has 3 heterocycles. The van der Waals surface area contributed by atoms with Gasteiger partial charge < -0.3 is 9.80 Å². The third-order valence-corrected chi connectivity index (χ3v) is 4.14. The number of rotatable bonds is 2. The maximum Gasteiger partial charge on any atom is 0.261 e. The van der Waals surface area contributed by atoms with E-state index in [1.165, 1.54) is 0 Å². The minimum Gasteiger partial charge on any atom is -0.308 e. The number of amides is 1. The van der Waals surface area contributed by atoms with E-state index in [9.17, 15) is 4.79 Å². The van der Waals surface area contributed by atoms with Gasteiger partial charge in [0.05, 0.1) is 17.8 Å². The Morgan fingerprint density at radius 1 is 0.875 bits per heavy atom. The number of fused-ring (bicyclic) bond motifs is 2. The fourth-order valence-corrected chi connectivity index (χ4v) is 2.94. The van der Waals surface area contributed by atoms with Crippen LogP contribution in [0.2, 0.25) is 0 Å². The van der Waals surface area contributed by atoms with Crippen molar-refractivity contribution in [3.63, 3.8) is 0 Å². The molecule has 0 bridgehead atoms. The first-order valence-corrected chi connectivity index (χ1v) is 7.75. The van der Waals surface area contributed by atoms with Crippen molar-refractivity contribution in [3.8, 4) is 0 Å². The maximum atomic E-state index is 12.8. The molecule has 5 nitrogen and oxygen atoms in total. The van der Waals surface area contributed by atoms with Gasteiger partial charge in [0.25, 0.3) is 5.91 Å². The number of hydrogen-bond donors (Lipinski definition) is 0. The molecule has 3 aromatic rings. The van der Waals surface area contributed by atoms with Crippen molar-refractivity contribution < 1.29 is 4.79 Å². The lowest BCUT2D eigenvalue weighted by Gasteiger charge is -2.24. The average Bonchev–Trinajstić information content (AvgIpc) is 2.73. The van der Waals surface area contributed by atoms with E-state index in [1.54, 1.807) is 30.4 Å². The fraction of sp³-hybridized carbons (Fsp3) is 0.105.